The normalized spacial score (nSPS) is 10.7. The maximum Gasteiger partial charge on any atom is 0.131 e. The molecule has 1 N–H and O–H groups in total. The van der Waals surface area contributed by atoms with Crippen LogP contribution in [0.5, 0.6) is 5.75 Å². The zero-order valence-corrected chi connectivity index (χ0v) is 12.9. The third kappa shape index (κ3) is 3.26. The third-order valence-electron chi connectivity index (χ3n) is 2.68. The number of nitrogens with one attached hydrogen (secondary N) is 1. The van der Waals surface area contributed by atoms with E-state index in [2.05, 4.69) is 10.3 Å². The van der Waals surface area contributed by atoms with E-state index in [0.29, 0.717) is 11.6 Å². The second kappa shape index (κ2) is 6.37. The van der Waals surface area contributed by atoms with E-state index < -0.39 is 0 Å². The summed E-state index contributed by atoms with van der Waals surface area (Å²) >= 11 is 7.78. The third-order valence-corrected chi connectivity index (χ3v) is 3.75. The fraction of sp³-hybridized carbons (Fsp3) is 0.357. The fourth-order valence-electron chi connectivity index (χ4n) is 1.92. The minimum Gasteiger partial charge on any atom is -0.493 e. The number of hydrogen-bond acceptors (Lipinski definition) is 4. The van der Waals surface area contributed by atoms with Crippen molar-refractivity contribution in [2.24, 2.45) is 0 Å². The van der Waals surface area contributed by atoms with Crippen LogP contribution in [0.1, 0.15) is 17.5 Å². The molecule has 19 heavy (non-hydrogen) atoms. The lowest BCUT2D eigenvalue weighted by molar-refractivity contribution is 0.339. The summed E-state index contributed by atoms with van der Waals surface area (Å²) < 4.78 is 5.74. The second-order valence-electron chi connectivity index (χ2n) is 4.19. The van der Waals surface area contributed by atoms with Crippen LogP contribution in [0.25, 0.3) is 11.3 Å². The molecule has 0 aliphatic carbocycles. The van der Waals surface area contributed by atoms with Crippen molar-refractivity contribution in [3.63, 3.8) is 0 Å². The van der Waals surface area contributed by atoms with E-state index in [0.717, 1.165) is 34.1 Å². The van der Waals surface area contributed by atoms with Crippen LogP contribution in [0, 0.1) is 6.92 Å². The minimum atomic E-state index is 0.628. The van der Waals surface area contributed by atoms with Crippen molar-refractivity contribution in [1.29, 1.82) is 0 Å². The number of thiazole rings is 1. The van der Waals surface area contributed by atoms with Gasteiger partial charge in [0.2, 0.25) is 0 Å². The van der Waals surface area contributed by atoms with E-state index in [1.807, 2.05) is 38.4 Å². The molecule has 0 aliphatic heterocycles. The van der Waals surface area contributed by atoms with Crippen molar-refractivity contribution < 1.29 is 4.74 Å². The first-order valence-electron chi connectivity index (χ1n) is 6.18. The maximum absolute atomic E-state index is 6.15. The first kappa shape index (κ1) is 14.3. The van der Waals surface area contributed by atoms with E-state index in [9.17, 15) is 0 Å². The van der Waals surface area contributed by atoms with Crippen LogP contribution >= 0.6 is 22.9 Å². The van der Waals surface area contributed by atoms with Gasteiger partial charge in [0.1, 0.15) is 10.8 Å². The van der Waals surface area contributed by atoms with Gasteiger partial charge in [-0.3, -0.25) is 0 Å². The van der Waals surface area contributed by atoms with Crippen molar-refractivity contribution in [2.45, 2.75) is 20.4 Å². The van der Waals surface area contributed by atoms with Gasteiger partial charge >= 0.3 is 0 Å². The predicted octanol–water partition coefficient (Wildman–Crippen LogP) is 3.89. The monoisotopic (exact) mass is 296 g/mol. The van der Waals surface area contributed by atoms with Gasteiger partial charge in [-0.25, -0.2) is 4.98 Å². The number of hydrogen-bond donors (Lipinski definition) is 1. The highest BCUT2D eigenvalue weighted by atomic mass is 35.5. The molecule has 0 unspecified atom stereocenters. The number of halogens is 1. The van der Waals surface area contributed by atoms with E-state index in [4.69, 9.17) is 16.3 Å². The second-order valence-corrected chi connectivity index (χ2v) is 5.57. The minimum absolute atomic E-state index is 0.628. The highest BCUT2D eigenvalue weighted by Crippen LogP contribution is 2.36. The molecule has 3 nitrogen and oxygen atoms in total. The quantitative estimate of drug-likeness (QED) is 0.909. The number of nitrogens with zero attached hydrogens (tertiary/aromatic N) is 1. The molecule has 1 aromatic heterocycles. The molecule has 0 spiro atoms. The maximum atomic E-state index is 6.15. The molecule has 1 aromatic carbocycles. The highest BCUT2D eigenvalue weighted by molar-refractivity contribution is 7.09. The standard InChI is InChI=1S/C14H17ClN2OS/c1-4-18-14-9(2)5-10(15)6-11(14)12-8-19-13(17-12)7-16-3/h5-6,8,16H,4,7H2,1-3H3. The van der Waals surface area contributed by atoms with Gasteiger partial charge in [-0.05, 0) is 38.6 Å². The summed E-state index contributed by atoms with van der Waals surface area (Å²) in [5.41, 5.74) is 2.92. The summed E-state index contributed by atoms with van der Waals surface area (Å²) in [6.45, 7) is 5.38. The summed E-state index contributed by atoms with van der Waals surface area (Å²) in [4.78, 5) is 4.61. The fourth-order valence-corrected chi connectivity index (χ4v) is 3.00. The van der Waals surface area contributed by atoms with Gasteiger partial charge in [0.05, 0.1) is 12.3 Å². The Morgan fingerprint density at radius 1 is 1.42 bits per heavy atom. The molecule has 0 atom stereocenters. The lowest BCUT2D eigenvalue weighted by Gasteiger charge is -2.12. The Kier molecular flexibility index (Phi) is 4.80. The first-order chi connectivity index (χ1) is 9.15. The van der Waals surface area contributed by atoms with Gasteiger partial charge in [-0.1, -0.05) is 11.6 Å². The molecular weight excluding hydrogens is 280 g/mol. The lowest BCUT2D eigenvalue weighted by Crippen LogP contribution is -2.04. The molecule has 0 saturated carbocycles. The molecule has 0 bridgehead atoms. The van der Waals surface area contributed by atoms with Gasteiger partial charge in [-0.2, -0.15) is 0 Å². The summed E-state index contributed by atoms with van der Waals surface area (Å²) in [5, 5.41) is 6.90. The molecular formula is C14H17ClN2OS. The zero-order valence-electron chi connectivity index (χ0n) is 11.3. The van der Waals surface area contributed by atoms with Crippen LogP contribution < -0.4 is 10.1 Å². The molecule has 5 heteroatoms. The predicted molar refractivity (Wildman–Crippen MR) is 81.2 cm³/mol. The number of aryl methyl sites for hydroxylation is 1. The van der Waals surface area contributed by atoms with Crippen molar-refractivity contribution in [2.75, 3.05) is 13.7 Å². The van der Waals surface area contributed by atoms with Gasteiger partial charge < -0.3 is 10.1 Å². The smallest absolute Gasteiger partial charge is 0.131 e. The molecule has 0 radical (unpaired) electrons. The van der Waals surface area contributed by atoms with Crippen molar-refractivity contribution in [3.8, 4) is 17.0 Å². The van der Waals surface area contributed by atoms with Crippen molar-refractivity contribution in [1.82, 2.24) is 10.3 Å². The molecule has 2 aromatic rings. The molecule has 1 heterocycles. The van der Waals surface area contributed by atoms with Gasteiger partial charge in [0.15, 0.2) is 0 Å². The van der Waals surface area contributed by atoms with E-state index >= 15 is 0 Å². The Morgan fingerprint density at radius 2 is 2.21 bits per heavy atom. The highest BCUT2D eigenvalue weighted by Gasteiger charge is 2.13. The summed E-state index contributed by atoms with van der Waals surface area (Å²) in [5.74, 6) is 0.869. The van der Waals surface area contributed by atoms with Crippen molar-refractivity contribution in [3.05, 3.63) is 33.1 Å². The molecule has 102 valence electrons. The number of rotatable bonds is 5. The molecule has 0 amide bonds. The summed E-state index contributed by atoms with van der Waals surface area (Å²) in [7, 11) is 1.91. The Morgan fingerprint density at radius 3 is 2.89 bits per heavy atom. The van der Waals surface area contributed by atoms with E-state index in [1.165, 1.54) is 0 Å². The summed E-state index contributed by atoms with van der Waals surface area (Å²) in [6, 6.07) is 3.83. The largest absolute Gasteiger partial charge is 0.493 e. The van der Waals surface area contributed by atoms with E-state index in [1.54, 1.807) is 11.3 Å². The lowest BCUT2D eigenvalue weighted by atomic mass is 10.1. The Bertz CT molecular complexity index is 569. The van der Waals surface area contributed by atoms with Gasteiger partial charge in [-0.15, -0.1) is 11.3 Å². The Hall–Kier alpha value is -1.10. The van der Waals surface area contributed by atoms with Crippen LogP contribution in [0.15, 0.2) is 17.5 Å². The van der Waals surface area contributed by atoms with Crippen LogP contribution in [0.2, 0.25) is 5.02 Å². The Balaban J connectivity index is 2.46. The number of ether oxygens (including phenoxy) is 1. The summed E-state index contributed by atoms with van der Waals surface area (Å²) in [6.07, 6.45) is 0. The van der Waals surface area contributed by atoms with Crippen LogP contribution in [-0.2, 0) is 6.54 Å². The van der Waals surface area contributed by atoms with Crippen LogP contribution in [0.4, 0.5) is 0 Å². The zero-order chi connectivity index (χ0) is 13.8. The van der Waals surface area contributed by atoms with E-state index in [-0.39, 0.29) is 0 Å². The molecule has 0 aliphatic rings. The molecule has 0 fully saturated rings. The van der Waals surface area contributed by atoms with Gasteiger partial charge in [0, 0.05) is 22.5 Å². The van der Waals surface area contributed by atoms with Crippen LogP contribution in [0.3, 0.4) is 0 Å². The first-order valence-corrected chi connectivity index (χ1v) is 7.43. The molecule has 0 saturated heterocycles. The Labute approximate surface area is 122 Å². The van der Waals surface area contributed by atoms with Gasteiger partial charge in [0.25, 0.3) is 0 Å². The topological polar surface area (TPSA) is 34.1 Å². The molecule has 2 rings (SSSR count). The average molecular weight is 297 g/mol. The SMILES string of the molecule is CCOc1c(C)cc(Cl)cc1-c1csc(CNC)n1. The van der Waals surface area contributed by atoms with Crippen LogP contribution in [-0.4, -0.2) is 18.6 Å². The number of aromatic nitrogens is 1. The van der Waals surface area contributed by atoms with Crippen molar-refractivity contribution >= 4 is 22.9 Å². The number of benzene rings is 1. The average Bonchev–Trinajstić information content (AvgIpc) is 2.81.